The molecule has 0 aliphatic carbocycles. The summed E-state index contributed by atoms with van der Waals surface area (Å²) in [6.45, 7) is 4.54. The van der Waals surface area contributed by atoms with Crippen LogP contribution in [0.15, 0.2) is 17.5 Å². The molecule has 8 heteroatoms. The Hall–Kier alpha value is -2.09. The van der Waals surface area contributed by atoms with Gasteiger partial charge in [0, 0.05) is 13.3 Å². The standard InChI is InChI=1S/C12H21N5O3/c1-4-12(2,10(13)16-19)11(18)15-9-7-14-17(8-9)5-6-20-3/h7-8,19H,4-6H2,1-3H3,(H2,13,16)(H,15,18). The summed E-state index contributed by atoms with van der Waals surface area (Å²) in [4.78, 5) is 12.2. The Labute approximate surface area is 117 Å². The molecule has 0 spiro atoms. The van der Waals surface area contributed by atoms with E-state index in [1.807, 2.05) is 0 Å². The van der Waals surface area contributed by atoms with Crippen LogP contribution in [-0.4, -0.2) is 40.4 Å². The molecular weight excluding hydrogens is 262 g/mol. The molecule has 0 radical (unpaired) electrons. The highest BCUT2D eigenvalue weighted by Crippen LogP contribution is 2.23. The van der Waals surface area contributed by atoms with Crippen LogP contribution in [0.25, 0.3) is 0 Å². The maximum Gasteiger partial charge on any atom is 0.238 e. The van der Waals surface area contributed by atoms with Gasteiger partial charge in [-0.15, -0.1) is 0 Å². The third-order valence-electron chi connectivity index (χ3n) is 3.30. The van der Waals surface area contributed by atoms with E-state index in [1.54, 1.807) is 31.8 Å². The van der Waals surface area contributed by atoms with Crippen LogP contribution in [0.2, 0.25) is 0 Å². The van der Waals surface area contributed by atoms with Crippen molar-refractivity contribution >= 4 is 17.4 Å². The number of nitrogens with zero attached hydrogens (tertiary/aromatic N) is 3. The Morgan fingerprint density at radius 3 is 2.95 bits per heavy atom. The predicted octanol–water partition coefficient (Wildman–Crippen LogP) is 0.631. The number of anilines is 1. The van der Waals surface area contributed by atoms with Crippen molar-refractivity contribution in [2.45, 2.75) is 26.8 Å². The number of hydrogen-bond acceptors (Lipinski definition) is 5. The van der Waals surface area contributed by atoms with E-state index < -0.39 is 5.41 Å². The van der Waals surface area contributed by atoms with E-state index in [1.165, 1.54) is 6.20 Å². The number of carbonyl (C=O) groups is 1. The first-order chi connectivity index (χ1) is 9.47. The Morgan fingerprint density at radius 2 is 2.40 bits per heavy atom. The molecule has 1 amide bonds. The molecule has 0 bridgehead atoms. The van der Waals surface area contributed by atoms with Crippen LogP contribution < -0.4 is 11.1 Å². The molecule has 112 valence electrons. The molecule has 0 aliphatic rings. The number of nitrogens with two attached hydrogens (primary N) is 1. The van der Waals surface area contributed by atoms with Gasteiger partial charge in [0.05, 0.1) is 25.0 Å². The Kier molecular flexibility index (Phi) is 5.51. The fourth-order valence-electron chi connectivity index (χ4n) is 1.57. The number of hydrogen-bond donors (Lipinski definition) is 3. The molecule has 1 rings (SSSR count). The number of methoxy groups -OCH3 is 1. The highest BCUT2D eigenvalue weighted by Gasteiger charge is 2.36. The average molecular weight is 283 g/mol. The highest BCUT2D eigenvalue weighted by atomic mass is 16.5. The lowest BCUT2D eigenvalue weighted by Crippen LogP contribution is -2.44. The summed E-state index contributed by atoms with van der Waals surface area (Å²) in [6, 6.07) is 0. The van der Waals surface area contributed by atoms with Gasteiger partial charge in [-0.2, -0.15) is 5.10 Å². The molecule has 1 heterocycles. The Balaban J connectivity index is 2.76. The fourth-order valence-corrected chi connectivity index (χ4v) is 1.57. The second-order valence-electron chi connectivity index (χ2n) is 4.61. The zero-order valence-corrected chi connectivity index (χ0v) is 12.0. The summed E-state index contributed by atoms with van der Waals surface area (Å²) in [5.41, 5.74) is 5.08. The van der Waals surface area contributed by atoms with Crippen LogP contribution >= 0.6 is 0 Å². The van der Waals surface area contributed by atoms with Crippen molar-refractivity contribution in [3.63, 3.8) is 0 Å². The first-order valence-electron chi connectivity index (χ1n) is 6.28. The van der Waals surface area contributed by atoms with Crippen LogP contribution in [0, 0.1) is 5.41 Å². The minimum atomic E-state index is -1.07. The summed E-state index contributed by atoms with van der Waals surface area (Å²) < 4.78 is 6.60. The van der Waals surface area contributed by atoms with E-state index in [4.69, 9.17) is 15.7 Å². The van der Waals surface area contributed by atoms with Gasteiger partial charge < -0.3 is 21.0 Å². The number of amides is 1. The lowest BCUT2D eigenvalue weighted by Gasteiger charge is -2.24. The monoisotopic (exact) mass is 283 g/mol. The molecule has 0 fully saturated rings. The number of ether oxygens (including phenoxy) is 1. The molecule has 4 N–H and O–H groups in total. The van der Waals surface area contributed by atoms with Crippen molar-refractivity contribution in [1.29, 1.82) is 0 Å². The van der Waals surface area contributed by atoms with E-state index in [2.05, 4.69) is 15.6 Å². The molecular formula is C12H21N5O3. The SMILES string of the molecule is CCC(C)(C(=O)Nc1cnn(CCOC)c1)C(N)=NO. The quantitative estimate of drug-likeness (QED) is 0.294. The van der Waals surface area contributed by atoms with Gasteiger partial charge in [-0.1, -0.05) is 12.1 Å². The fraction of sp³-hybridized carbons (Fsp3) is 0.583. The van der Waals surface area contributed by atoms with Gasteiger partial charge in [0.2, 0.25) is 5.91 Å². The largest absolute Gasteiger partial charge is 0.409 e. The summed E-state index contributed by atoms with van der Waals surface area (Å²) in [5, 5.41) is 18.5. The van der Waals surface area contributed by atoms with Gasteiger partial charge in [-0.05, 0) is 13.3 Å². The maximum atomic E-state index is 12.2. The van der Waals surface area contributed by atoms with Crippen molar-refractivity contribution in [2.75, 3.05) is 19.0 Å². The first-order valence-corrected chi connectivity index (χ1v) is 6.28. The molecule has 1 aromatic heterocycles. The van der Waals surface area contributed by atoms with Crippen molar-refractivity contribution in [3.05, 3.63) is 12.4 Å². The molecule has 20 heavy (non-hydrogen) atoms. The summed E-state index contributed by atoms with van der Waals surface area (Å²) in [6.07, 6.45) is 3.64. The van der Waals surface area contributed by atoms with Crippen LogP contribution in [0.3, 0.4) is 0 Å². The summed E-state index contributed by atoms with van der Waals surface area (Å²) >= 11 is 0. The van der Waals surface area contributed by atoms with Crippen LogP contribution in [-0.2, 0) is 16.1 Å². The second-order valence-corrected chi connectivity index (χ2v) is 4.61. The van der Waals surface area contributed by atoms with Gasteiger partial charge in [0.15, 0.2) is 5.84 Å². The van der Waals surface area contributed by atoms with Gasteiger partial charge in [0.1, 0.15) is 5.41 Å². The molecule has 8 nitrogen and oxygen atoms in total. The predicted molar refractivity (Wildman–Crippen MR) is 74.5 cm³/mol. The van der Waals surface area contributed by atoms with E-state index in [0.717, 1.165) is 0 Å². The van der Waals surface area contributed by atoms with Crippen LogP contribution in [0.1, 0.15) is 20.3 Å². The van der Waals surface area contributed by atoms with E-state index in [-0.39, 0.29) is 11.7 Å². The van der Waals surface area contributed by atoms with Crippen LogP contribution in [0.5, 0.6) is 0 Å². The average Bonchev–Trinajstić information content (AvgIpc) is 2.90. The Bertz CT molecular complexity index is 485. The van der Waals surface area contributed by atoms with Gasteiger partial charge in [-0.3, -0.25) is 9.48 Å². The normalized spacial score (nSPS) is 14.8. The van der Waals surface area contributed by atoms with Gasteiger partial charge in [0.25, 0.3) is 0 Å². The zero-order chi connectivity index (χ0) is 15.2. The molecule has 0 saturated carbocycles. The van der Waals surface area contributed by atoms with Crippen molar-refractivity contribution in [3.8, 4) is 0 Å². The number of rotatable bonds is 7. The van der Waals surface area contributed by atoms with E-state index >= 15 is 0 Å². The van der Waals surface area contributed by atoms with Crippen molar-refractivity contribution < 1.29 is 14.7 Å². The van der Waals surface area contributed by atoms with E-state index in [0.29, 0.717) is 25.3 Å². The number of amidine groups is 1. The van der Waals surface area contributed by atoms with Crippen LogP contribution in [0.4, 0.5) is 5.69 Å². The molecule has 0 aliphatic heterocycles. The lowest BCUT2D eigenvalue weighted by atomic mass is 9.85. The topological polar surface area (TPSA) is 115 Å². The number of oxime groups is 1. The molecule has 1 atom stereocenters. The van der Waals surface area contributed by atoms with Gasteiger partial charge in [-0.25, -0.2) is 0 Å². The molecule has 0 saturated heterocycles. The third-order valence-corrected chi connectivity index (χ3v) is 3.30. The second kappa shape index (κ2) is 6.90. The highest BCUT2D eigenvalue weighted by molar-refractivity contribution is 6.11. The molecule has 0 aromatic carbocycles. The van der Waals surface area contributed by atoms with Gasteiger partial charge >= 0.3 is 0 Å². The molecule has 1 unspecified atom stereocenters. The third kappa shape index (κ3) is 3.47. The minimum Gasteiger partial charge on any atom is -0.409 e. The number of nitrogens with one attached hydrogen (secondary N) is 1. The Morgan fingerprint density at radius 1 is 1.70 bits per heavy atom. The lowest BCUT2D eigenvalue weighted by molar-refractivity contribution is -0.121. The summed E-state index contributed by atoms with van der Waals surface area (Å²) in [5.74, 6) is -0.467. The smallest absolute Gasteiger partial charge is 0.238 e. The van der Waals surface area contributed by atoms with Crippen molar-refractivity contribution in [1.82, 2.24) is 9.78 Å². The minimum absolute atomic E-state index is 0.121. The molecule has 1 aromatic rings. The van der Waals surface area contributed by atoms with Crippen molar-refractivity contribution in [2.24, 2.45) is 16.3 Å². The maximum absolute atomic E-state index is 12.2. The summed E-state index contributed by atoms with van der Waals surface area (Å²) in [7, 11) is 1.61. The number of carbonyl (C=O) groups excluding carboxylic acids is 1. The first kappa shape index (κ1) is 16.0. The van der Waals surface area contributed by atoms with E-state index in [9.17, 15) is 4.79 Å². The zero-order valence-electron chi connectivity index (χ0n) is 12.0. The number of aromatic nitrogens is 2.